The largest absolute Gasteiger partial charge is 0.375 e. The lowest BCUT2D eigenvalue weighted by molar-refractivity contribution is -0.133. The Hall–Kier alpha value is -6.77. The number of aromatic nitrogens is 12. The number of ether oxygens (including phenoxy) is 1. The Kier molecular flexibility index (Phi) is 9.05. The molecule has 62 heavy (non-hydrogen) atoms. The van der Waals surface area contributed by atoms with Crippen LogP contribution in [0.5, 0.6) is 0 Å². The summed E-state index contributed by atoms with van der Waals surface area (Å²) in [6.45, 7) is 5.03. The number of hydrogen-bond acceptors (Lipinski definition) is 14. The molecule has 1 saturated carbocycles. The summed E-state index contributed by atoms with van der Waals surface area (Å²) in [4.78, 5) is 45.2. The van der Waals surface area contributed by atoms with Gasteiger partial charge in [-0.05, 0) is 74.2 Å². The first-order valence-electron chi connectivity index (χ1n) is 20.7. The van der Waals surface area contributed by atoms with Gasteiger partial charge in [0.05, 0.1) is 47.0 Å². The van der Waals surface area contributed by atoms with Gasteiger partial charge in [0.2, 0.25) is 17.8 Å². The van der Waals surface area contributed by atoms with Crippen LogP contribution in [0.3, 0.4) is 0 Å². The van der Waals surface area contributed by atoms with Crippen LogP contribution in [0.25, 0.3) is 39.0 Å². The van der Waals surface area contributed by atoms with E-state index in [1.54, 1.807) is 41.4 Å². The molecule has 5 aromatic heterocycles. The number of rotatable bonds is 6. The molecular weight excluding hydrogens is 806 g/mol. The standard InChI is InChI=1S/C41H41F3N16O2/c1-4-62-28-18-55(3)39(61)35-12-24(49-40-45-8-7-32(50-40)29-9-23(43)11-33-36(29)56(19-28)21(2)48-33)17-57(35)37-30-16-47-60(34-6-5-22(42)10-31(34)44)38(30)52-41(51-37)59-26-13-25(14-27(59)15-26)58-20-46-53-54-58/h5-11,16,20,24-28,35H,4,12-15,17-19H2,1-3H3,(H,45,49,50)/t24-,25?,26?,27?,28-,35-/m0/s1. The maximum absolute atomic E-state index is 15.5. The Balaban J connectivity index is 1.03. The molecule has 4 aliphatic heterocycles. The molecule has 9 heterocycles. The molecule has 7 aromatic rings. The zero-order valence-corrected chi connectivity index (χ0v) is 34.0. The monoisotopic (exact) mass is 846 g/mol. The number of piperidine rings is 1. The van der Waals surface area contributed by atoms with Crippen LogP contribution in [0, 0.1) is 24.4 Å². The molecule has 0 radical (unpaired) electrons. The van der Waals surface area contributed by atoms with Crippen LogP contribution in [0.4, 0.5) is 30.9 Å². The van der Waals surface area contributed by atoms with Crippen LogP contribution < -0.4 is 15.1 Å². The molecule has 3 saturated heterocycles. The Morgan fingerprint density at radius 1 is 0.919 bits per heavy atom. The first-order valence-corrected chi connectivity index (χ1v) is 20.7. The Bertz CT molecular complexity index is 2860. The van der Waals surface area contributed by atoms with Crippen LogP contribution >= 0.6 is 0 Å². The van der Waals surface area contributed by atoms with Crippen molar-refractivity contribution in [2.45, 2.75) is 82.4 Å². The van der Waals surface area contributed by atoms with Gasteiger partial charge in [-0.3, -0.25) is 4.79 Å². The molecule has 1 aliphatic carbocycles. The van der Waals surface area contributed by atoms with E-state index in [9.17, 15) is 9.18 Å². The average Bonchev–Trinajstić information content (AvgIpc) is 4.07. The molecule has 12 rings (SSSR count). The number of likely N-dealkylation sites (N-methyl/N-ethyl adjacent to an activating group) is 1. The number of nitrogens with zero attached hydrogens (tertiary/aromatic N) is 15. The first kappa shape index (κ1) is 38.2. The Labute approximate surface area is 351 Å². The summed E-state index contributed by atoms with van der Waals surface area (Å²) in [5.74, 6) is -0.334. The number of aryl methyl sites for hydroxylation is 1. The molecular formula is C41H41F3N16O2. The van der Waals surface area contributed by atoms with Crippen molar-refractivity contribution in [3.8, 4) is 16.9 Å². The summed E-state index contributed by atoms with van der Waals surface area (Å²) in [6, 6.07) is 7.06. The van der Waals surface area contributed by atoms with Crippen molar-refractivity contribution in [3.05, 3.63) is 78.4 Å². The number of imidazole rings is 1. The summed E-state index contributed by atoms with van der Waals surface area (Å²) in [5, 5.41) is 20.3. The van der Waals surface area contributed by atoms with Gasteiger partial charge in [0, 0.05) is 68.8 Å². The van der Waals surface area contributed by atoms with E-state index in [4.69, 9.17) is 24.7 Å². The summed E-state index contributed by atoms with van der Waals surface area (Å²) in [6.07, 6.45) is 7.13. The van der Waals surface area contributed by atoms with Crippen molar-refractivity contribution in [2.75, 3.05) is 41.9 Å². The third-order valence-electron chi connectivity index (χ3n) is 12.7. The van der Waals surface area contributed by atoms with Gasteiger partial charge in [0.15, 0.2) is 11.5 Å². The van der Waals surface area contributed by atoms with Gasteiger partial charge in [-0.15, -0.1) is 5.10 Å². The minimum Gasteiger partial charge on any atom is -0.375 e. The van der Waals surface area contributed by atoms with E-state index in [-0.39, 0.29) is 42.3 Å². The molecule has 18 nitrogen and oxygen atoms in total. The van der Waals surface area contributed by atoms with Crippen molar-refractivity contribution in [1.82, 2.24) is 64.4 Å². The molecule has 0 spiro atoms. The fraction of sp³-hybridized carbons (Fsp3) is 0.415. The lowest BCUT2D eigenvalue weighted by atomic mass is 9.77. The molecule has 318 valence electrons. The van der Waals surface area contributed by atoms with E-state index >= 15 is 8.78 Å². The van der Waals surface area contributed by atoms with Crippen molar-refractivity contribution >= 4 is 45.7 Å². The first-order chi connectivity index (χ1) is 30.1. The van der Waals surface area contributed by atoms with E-state index < -0.39 is 29.6 Å². The lowest BCUT2D eigenvalue weighted by Crippen LogP contribution is -2.62. The van der Waals surface area contributed by atoms with E-state index in [2.05, 4.69) is 35.8 Å². The van der Waals surface area contributed by atoms with Gasteiger partial charge in [-0.2, -0.15) is 15.1 Å². The second-order valence-electron chi connectivity index (χ2n) is 16.5. The minimum atomic E-state index is -0.807. The molecule has 2 aromatic carbocycles. The number of fused-ring (bicyclic) bond motifs is 8. The number of tetrazole rings is 1. The van der Waals surface area contributed by atoms with E-state index in [0.717, 1.165) is 25.3 Å². The van der Waals surface area contributed by atoms with Crippen LogP contribution in [0.1, 0.15) is 44.5 Å². The number of benzene rings is 2. The smallest absolute Gasteiger partial charge is 0.245 e. The molecule has 2 unspecified atom stereocenters. The van der Waals surface area contributed by atoms with E-state index in [0.29, 0.717) is 83.0 Å². The number of anilines is 3. The maximum atomic E-state index is 15.5. The molecule has 1 N–H and O–H groups in total. The zero-order chi connectivity index (χ0) is 42.4. The van der Waals surface area contributed by atoms with Gasteiger partial charge in [-0.25, -0.2) is 37.5 Å². The van der Waals surface area contributed by atoms with E-state index in [1.807, 2.05) is 23.3 Å². The second kappa shape index (κ2) is 14.7. The summed E-state index contributed by atoms with van der Waals surface area (Å²) in [7, 11) is 1.76. The number of halogens is 3. The van der Waals surface area contributed by atoms with Crippen molar-refractivity contribution in [1.29, 1.82) is 0 Å². The van der Waals surface area contributed by atoms with E-state index in [1.165, 1.54) is 28.9 Å². The predicted octanol–water partition coefficient (Wildman–Crippen LogP) is 4.25. The Morgan fingerprint density at radius 2 is 1.76 bits per heavy atom. The van der Waals surface area contributed by atoms with Crippen LogP contribution in [0.2, 0.25) is 0 Å². The summed E-state index contributed by atoms with van der Waals surface area (Å²) in [5.41, 5.74) is 2.56. The molecule has 5 atom stereocenters. The highest BCUT2D eigenvalue weighted by Gasteiger charge is 2.49. The van der Waals surface area contributed by atoms with Gasteiger partial charge in [-0.1, -0.05) is 0 Å². The fourth-order valence-electron chi connectivity index (χ4n) is 9.96. The molecule has 21 heteroatoms. The van der Waals surface area contributed by atoms with Gasteiger partial charge < -0.3 is 29.3 Å². The summed E-state index contributed by atoms with van der Waals surface area (Å²) >= 11 is 0. The number of nitrogens with one attached hydrogen (secondary N) is 1. The highest BCUT2D eigenvalue weighted by atomic mass is 19.1. The summed E-state index contributed by atoms with van der Waals surface area (Å²) < 4.78 is 56.3. The number of hydrogen-bond donors (Lipinski definition) is 1. The highest BCUT2D eigenvalue weighted by molar-refractivity contribution is 5.94. The molecule has 4 fully saturated rings. The third-order valence-corrected chi connectivity index (χ3v) is 12.7. The fourth-order valence-corrected chi connectivity index (χ4v) is 9.96. The average molecular weight is 847 g/mol. The third kappa shape index (κ3) is 6.35. The second-order valence-corrected chi connectivity index (χ2v) is 16.5. The van der Waals surface area contributed by atoms with Crippen molar-refractivity contribution < 1.29 is 22.7 Å². The SMILES string of the molecule is CCO[C@H]1CN(C)C(=O)[C@@H]2C[C@@H](CN2c2nc(N3C4CC3CC(n3cnnn3)C4)nc3c2cnn3-c2ccc(F)cc2F)Nc2nccc(n2)-c2cc(F)cc3nc(C)n(c23)C1. The number of carbonyl (C=O) groups excluding carboxylic acids is 1. The van der Waals surface area contributed by atoms with Crippen molar-refractivity contribution in [3.63, 3.8) is 0 Å². The van der Waals surface area contributed by atoms with Crippen LogP contribution in [-0.4, -0.2) is 127 Å². The normalized spacial score (nSPS) is 23.7. The van der Waals surface area contributed by atoms with Gasteiger partial charge >= 0.3 is 0 Å². The van der Waals surface area contributed by atoms with Gasteiger partial charge in [0.1, 0.15) is 41.3 Å². The van der Waals surface area contributed by atoms with Crippen LogP contribution in [0.15, 0.2) is 55.1 Å². The predicted molar refractivity (Wildman–Crippen MR) is 219 cm³/mol. The quantitative estimate of drug-likeness (QED) is 0.251. The number of carbonyl (C=O) groups is 1. The zero-order valence-electron chi connectivity index (χ0n) is 34.0. The Morgan fingerprint density at radius 3 is 2.55 bits per heavy atom. The topological polar surface area (TPSA) is 179 Å². The lowest BCUT2D eigenvalue weighted by Gasteiger charge is -2.55. The maximum Gasteiger partial charge on any atom is 0.245 e. The van der Waals surface area contributed by atoms with Crippen LogP contribution in [-0.2, 0) is 16.1 Å². The highest BCUT2D eigenvalue weighted by Crippen LogP contribution is 2.46. The molecule has 6 bridgehead atoms. The van der Waals surface area contributed by atoms with Gasteiger partial charge in [0.25, 0.3) is 0 Å². The molecule has 1 amide bonds. The molecule has 5 aliphatic rings. The number of amides is 1. The minimum absolute atomic E-state index is 0.0140. The van der Waals surface area contributed by atoms with Crippen molar-refractivity contribution in [2.24, 2.45) is 0 Å².